The van der Waals surface area contributed by atoms with Gasteiger partial charge >= 0.3 is 12.2 Å². The van der Waals surface area contributed by atoms with Crippen molar-refractivity contribution in [2.75, 3.05) is 6.61 Å². The van der Waals surface area contributed by atoms with E-state index in [1.54, 1.807) is 0 Å². The first-order valence-electron chi connectivity index (χ1n) is 7.27. The van der Waals surface area contributed by atoms with E-state index in [-0.39, 0.29) is 11.8 Å². The number of halogens is 4. The van der Waals surface area contributed by atoms with Crippen LogP contribution in [0.5, 0.6) is 0 Å². The molecule has 1 aromatic carbocycles. The number of hydrogen-bond acceptors (Lipinski definition) is 2. The average molecular weight is 321 g/mol. The summed E-state index contributed by atoms with van der Waals surface area (Å²) in [6, 6.07) is 3.18. The van der Waals surface area contributed by atoms with Crippen molar-refractivity contribution in [3.8, 4) is 0 Å². The van der Waals surface area contributed by atoms with E-state index >= 15 is 0 Å². The van der Waals surface area contributed by atoms with Crippen molar-refractivity contribution in [1.29, 1.82) is 0 Å². The van der Waals surface area contributed by atoms with Gasteiger partial charge in [0.05, 0.1) is 6.61 Å². The Hall–Kier alpha value is -1.14. The highest BCUT2D eigenvalue weighted by atomic mass is 19.3. The van der Waals surface area contributed by atoms with Gasteiger partial charge in [0.1, 0.15) is 0 Å². The molecule has 0 unspecified atom stereocenters. The summed E-state index contributed by atoms with van der Waals surface area (Å²) in [5.41, 5.74) is 6.29. The molecule has 0 atom stereocenters. The van der Waals surface area contributed by atoms with Gasteiger partial charge in [-0.3, -0.25) is 5.73 Å². The number of ether oxygens (including phenoxy) is 1. The molecule has 0 aliphatic rings. The van der Waals surface area contributed by atoms with Crippen molar-refractivity contribution in [3.63, 3.8) is 0 Å². The lowest BCUT2D eigenvalue weighted by molar-refractivity contribution is -0.345. The minimum Gasteiger partial charge on any atom is -0.314 e. The summed E-state index contributed by atoms with van der Waals surface area (Å²) in [5.74, 6) is 0. The third-order valence-corrected chi connectivity index (χ3v) is 3.90. The van der Waals surface area contributed by atoms with Crippen LogP contribution >= 0.6 is 0 Å². The highest BCUT2D eigenvalue weighted by Crippen LogP contribution is 2.31. The molecule has 0 aliphatic carbocycles. The van der Waals surface area contributed by atoms with Gasteiger partial charge in [0.25, 0.3) is 0 Å². The van der Waals surface area contributed by atoms with Gasteiger partial charge in [-0.05, 0) is 35.8 Å². The standard InChI is InChI=1S/C16H23F4NO/c1-4-14(2,3)13-9-7-12(8-10-13)6-5-11-22-16(19,20)15(17,18)21/h7-10H,4-6,11,21H2,1-3H3. The van der Waals surface area contributed by atoms with Crippen LogP contribution in [-0.2, 0) is 16.6 Å². The highest BCUT2D eigenvalue weighted by molar-refractivity contribution is 5.28. The molecule has 0 radical (unpaired) electrons. The number of hydrogen-bond donors (Lipinski definition) is 1. The Kier molecular flexibility index (Phi) is 5.98. The Morgan fingerprint density at radius 1 is 1.05 bits per heavy atom. The summed E-state index contributed by atoms with van der Waals surface area (Å²) >= 11 is 0. The third-order valence-electron chi connectivity index (χ3n) is 3.90. The van der Waals surface area contributed by atoms with Crippen molar-refractivity contribution < 1.29 is 22.3 Å². The average Bonchev–Trinajstić information content (AvgIpc) is 2.43. The zero-order chi connectivity index (χ0) is 17.0. The second-order valence-corrected chi connectivity index (χ2v) is 6.03. The molecule has 0 aliphatic heterocycles. The van der Waals surface area contributed by atoms with Crippen LogP contribution in [0.2, 0.25) is 0 Å². The maximum atomic E-state index is 12.8. The predicted octanol–water partition coefficient (Wildman–Crippen LogP) is 4.47. The van der Waals surface area contributed by atoms with Crippen molar-refractivity contribution in [1.82, 2.24) is 0 Å². The predicted molar refractivity (Wildman–Crippen MR) is 78.1 cm³/mol. The quantitative estimate of drug-likeness (QED) is 0.436. The van der Waals surface area contributed by atoms with Crippen LogP contribution in [0, 0.1) is 0 Å². The Labute approximate surface area is 128 Å². The number of nitrogens with two attached hydrogens (primary N) is 1. The smallest absolute Gasteiger partial charge is 0.314 e. The zero-order valence-electron chi connectivity index (χ0n) is 13.1. The van der Waals surface area contributed by atoms with Gasteiger partial charge in [-0.25, -0.2) is 0 Å². The van der Waals surface area contributed by atoms with E-state index in [0.29, 0.717) is 6.42 Å². The van der Waals surface area contributed by atoms with E-state index in [1.165, 1.54) is 5.56 Å². The topological polar surface area (TPSA) is 35.2 Å². The number of alkyl halides is 4. The molecule has 0 amide bonds. The molecule has 0 saturated heterocycles. The first-order valence-corrected chi connectivity index (χ1v) is 7.27. The lowest BCUT2D eigenvalue weighted by atomic mass is 9.82. The molecular weight excluding hydrogens is 298 g/mol. The fraction of sp³-hybridized carbons (Fsp3) is 0.625. The van der Waals surface area contributed by atoms with Gasteiger partial charge in [-0.2, -0.15) is 17.6 Å². The highest BCUT2D eigenvalue weighted by Gasteiger charge is 2.55. The van der Waals surface area contributed by atoms with Crippen molar-refractivity contribution in [2.45, 2.75) is 57.6 Å². The molecule has 2 nitrogen and oxygen atoms in total. The third kappa shape index (κ3) is 4.95. The lowest BCUT2D eigenvalue weighted by Gasteiger charge is -2.23. The van der Waals surface area contributed by atoms with E-state index in [0.717, 1.165) is 12.0 Å². The molecule has 2 N–H and O–H groups in total. The fourth-order valence-corrected chi connectivity index (χ4v) is 1.90. The minimum absolute atomic E-state index is 0.0798. The zero-order valence-corrected chi connectivity index (χ0v) is 13.1. The first-order chi connectivity index (χ1) is 9.99. The van der Waals surface area contributed by atoms with E-state index in [2.05, 4.69) is 31.2 Å². The molecule has 0 bridgehead atoms. The van der Waals surface area contributed by atoms with Gasteiger partial charge in [0, 0.05) is 0 Å². The van der Waals surface area contributed by atoms with E-state index in [1.807, 2.05) is 24.3 Å². The van der Waals surface area contributed by atoms with Crippen LogP contribution in [0.3, 0.4) is 0 Å². The monoisotopic (exact) mass is 321 g/mol. The number of rotatable bonds is 8. The maximum Gasteiger partial charge on any atom is 0.434 e. The Morgan fingerprint density at radius 2 is 1.59 bits per heavy atom. The van der Waals surface area contributed by atoms with Crippen LogP contribution in [0.4, 0.5) is 17.6 Å². The number of benzene rings is 1. The summed E-state index contributed by atoms with van der Waals surface area (Å²) in [6.07, 6.45) is -2.95. The molecule has 0 spiro atoms. The molecule has 22 heavy (non-hydrogen) atoms. The summed E-state index contributed by atoms with van der Waals surface area (Å²) in [6.45, 7) is 5.91. The summed E-state index contributed by atoms with van der Waals surface area (Å²) in [7, 11) is 0. The van der Waals surface area contributed by atoms with Gasteiger partial charge in [0.15, 0.2) is 0 Å². The molecule has 6 heteroatoms. The second-order valence-electron chi connectivity index (χ2n) is 6.03. The van der Waals surface area contributed by atoms with E-state index in [4.69, 9.17) is 0 Å². The molecule has 0 aromatic heterocycles. The lowest BCUT2D eigenvalue weighted by Crippen LogP contribution is -2.50. The minimum atomic E-state index is -4.67. The number of aryl methyl sites for hydroxylation is 1. The van der Waals surface area contributed by atoms with Crippen molar-refractivity contribution >= 4 is 0 Å². The van der Waals surface area contributed by atoms with Crippen LogP contribution < -0.4 is 5.73 Å². The first kappa shape index (κ1) is 18.9. The van der Waals surface area contributed by atoms with Crippen molar-refractivity contribution in [3.05, 3.63) is 35.4 Å². The molecule has 126 valence electrons. The summed E-state index contributed by atoms with van der Waals surface area (Å²) in [5, 5.41) is 0. The Bertz CT molecular complexity index is 466. The van der Waals surface area contributed by atoms with Crippen LogP contribution in [0.15, 0.2) is 24.3 Å². The second kappa shape index (κ2) is 6.96. The normalized spacial score (nSPS) is 13.5. The molecule has 0 heterocycles. The van der Waals surface area contributed by atoms with Crippen LogP contribution in [0.25, 0.3) is 0 Å². The van der Waals surface area contributed by atoms with Gasteiger partial charge in [-0.15, -0.1) is 0 Å². The molecule has 1 aromatic rings. The van der Waals surface area contributed by atoms with Crippen molar-refractivity contribution in [2.24, 2.45) is 5.73 Å². The Morgan fingerprint density at radius 3 is 2.05 bits per heavy atom. The molecule has 1 rings (SSSR count). The Balaban J connectivity index is 2.47. The molecular formula is C16H23F4NO. The fourth-order valence-electron chi connectivity index (χ4n) is 1.90. The SMILES string of the molecule is CCC(C)(C)c1ccc(CCCOC(F)(F)C(N)(F)F)cc1. The van der Waals surface area contributed by atoms with E-state index < -0.39 is 18.8 Å². The molecule has 0 saturated carbocycles. The molecule has 0 fully saturated rings. The van der Waals surface area contributed by atoms with Crippen LogP contribution in [0.1, 0.15) is 44.7 Å². The maximum absolute atomic E-state index is 12.8. The summed E-state index contributed by atoms with van der Waals surface area (Å²) in [4.78, 5) is 0. The summed E-state index contributed by atoms with van der Waals surface area (Å²) < 4.78 is 54.2. The van der Waals surface area contributed by atoms with Gasteiger partial charge < -0.3 is 4.74 Å². The van der Waals surface area contributed by atoms with E-state index in [9.17, 15) is 17.6 Å². The largest absolute Gasteiger partial charge is 0.434 e. The van der Waals surface area contributed by atoms with Gasteiger partial charge in [0.2, 0.25) is 0 Å². The van der Waals surface area contributed by atoms with Gasteiger partial charge in [-0.1, -0.05) is 45.0 Å². The van der Waals surface area contributed by atoms with Crippen LogP contribution in [-0.4, -0.2) is 18.8 Å².